The molecule has 8 N–H and O–H groups in total. The van der Waals surface area contributed by atoms with Crippen LogP contribution < -0.4 is 37.3 Å². The van der Waals surface area contributed by atoms with E-state index < -0.39 is 4.92 Å². The van der Waals surface area contributed by atoms with Gasteiger partial charge in [0, 0.05) is 31.3 Å². The zero-order valence-electron chi connectivity index (χ0n) is 21.7. The molecule has 0 spiro atoms. The summed E-state index contributed by atoms with van der Waals surface area (Å²) in [6, 6.07) is 22.6. The number of nitrogen functional groups attached to an aromatic ring is 3. The van der Waals surface area contributed by atoms with Crippen molar-refractivity contribution < 1.29 is 24.0 Å². The second-order valence-electron chi connectivity index (χ2n) is 8.19. The summed E-state index contributed by atoms with van der Waals surface area (Å²) >= 11 is 0. The number of nitrogens with two attached hydrogens (primary N) is 3. The molecule has 0 radical (unpaired) electrons. The van der Waals surface area contributed by atoms with E-state index in [1.165, 1.54) is 25.2 Å². The van der Waals surface area contributed by atoms with Gasteiger partial charge in [-0.15, -0.1) is 0 Å². The Morgan fingerprint density at radius 3 is 1.55 bits per heavy atom. The molecule has 4 aromatic rings. The van der Waals surface area contributed by atoms with Gasteiger partial charge in [0.25, 0.3) is 17.5 Å². The van der Waals surface area contributed by atoms with Crippen LogP contribution in [0.4, 0.5) is 22.7 Å². The lowest BCUT2D eigenvalue weighted by Crippen LogP contribution is -2.17. The van der Waals surface area contributed by atoms with Gasteiger partial charge in [0.2, 0.25) is 0 Å². The van der Waals surface area contributed by atoms with Crippen molar-refractivity contribution in [3.8, 4) is 23.0 Å². The van der Waals surface area contributed by atoms with Crippen LogP contribution in [-0.2, 0) is 0 Å². The number of hydrogen-bond donors (Lipinski definition) is 5. The minimum Gasteiger partial charge on any atom is -0.457 e. The van der Waals surface area contributed by atoms with Gasteiger partial charge in [0.15, 0.2) is 0 Å². The zero-order valence-corrected chi connectivity index (χ0v) is 21.7. The van der Waals surface area contributed by atoms with E-state index in [-0.39, 0.29) is 28.9 Å². The van der Waals surface area contributed by atoms with Gasteiger partial charge < -0.3 is 37.3 Å². The molecule has 0 unspecified atom stereocenters. The van der Waals surface area contributed by atoms with E-state index in [0.717, 1.165) is 0 Å². The SMILES string of the molecule is CNC(=O)c1cccc(Oc2ccc(N)c(N)c2)c1.CNC(=O)c1cccc(Oc2ccc(N)c([N+](=O)[O-])c2)c1. The van der Waals surface area contributed by atoms with Crippen LogP contribution in [-0.4, -0.2) is 30.8 Å². The second-order valence-corrected chi connectivity index (χ2v) is 8.19. The van der Waals surface area contributed by atoms with E-state index in [1.807, 2.05) is 0 Å². The number of nitro benzene ring substituents is 1. The number of hydrogen-bond acceptors (Lipinski definition) is 9. The summed E-state index contributed by atoms with van der Waals surface area (Å²) in [7, 11) is 3.11. The molecule has 40 heavy (non-hydrogen) atoms. The molecule has 12 nitrogen and oxygen atoms in total. The van der Waals surface area contributed by atoms with Crippen LogP contribution in [0.5, 0.6) is 23.0 Å². The number of nitrogens with zero attached hydrogens (tertiary/aromatic N) is 1. The lowest BCUT2D eigenvalue weighted by Gasteiger charge is -2.08. The standard InChI is InChI=1S/C14H13N3O4.C14H15N3O2/c1-16-14(18)9-3-2-4-10(7-9)21-11-5-6-12(15)13(8-11)17(19)20;1-17-14(18)9-3-2-4-10(7-9)19-11-5-6-12(15)13(16)8-11/h2-8H,15H2,1H3,(H,16,18);2-8H,15-16H2,1H3,(H,17,18). The van der Waals surface area contributed by atoms with Crippen LogP contribution in [0.15, 0.2) is 84.9 Å². The van der Waals surface area contributed by atoms with Crippen molar-refractivity contribution in [1.29, 1.82) is 0 Å². The molecule has 0 heterocycles. The fourth-order valence-corrected chi connectivity index (χ4v) is 3.32. The normalized spacial score (nSPS) is 9.95. The third kappa shape index (κ3) is 7.61. The third-order valence-electron chi connectivity index (χ3n) is 5.37. The van der Waals surface area contributed by atoms with Gasteiger partial charge in [-0.05, 0) is 60.7 Å². The first kappa shape index (κ1) is 28.8. The second kappa shape index (κ2) is 13.1. The highest BCUT2D eigenvalue weighted by atomic mass is 16.6. The Balaban J connectivity index is 0.000000222. The molecule has 12 heteroatoms. The summed E-state index contributed by atoms with van der Waals surface area (Å²) in [5.74, 6) is 1.39. The maximum Gasteiger partial charge on any atom is 0.295 e. The predicted molar refractivity (Wildman–Crippen MR) is 153 cm³/mol. The molecule has 0 saturated carbocycles. The number of amides is 2. The molecule has 4 aromatic carbocycles. The van der Waals surface area contributed by atoms with E-state index in [9.17, 15) is 19.7 Å². The van der Waals surface area contributed by atoms with E-state index in [0.29, 0.717) is 39.8 Å². The number of benzene rings is 4. The van der Waals surface area contributed by atoms with E-state index in [4.69, 9.17) is 26.7 Å². The summed E-state index contributed by atoms with van der Waals surface area (Å²) in [5.41, 5.74) is 18.6. The molecule has 206 valence electrons. The Labute approximate surface area is 229 Å². The number of anilines is 3. The highest BCUT2D eigenvalue weighted by Gasteiger charge is 2.13. The molecule has 0 aliphatic heterocycles. The third-order valence-corrected chi connectivity index (χ3v) is 5.37. The van der Waals surface area contributed by atoms with E-state index in [2.05, 4.69) is 10.6 Å². The summed E-state index contributed by atoms with van der Waals surface area (Å²) < 4.78 is 11.2. The van der Waals surface area contributed by atoms with Gasteiger partial charge in [-0.3, -0.25) is 19.7 Å². The van der Waals surface area contributed by atoms with Gasteiger partial charge in [-0.2, -0.15) is 0 Å². The fraction of sp³-hybridized carbons (Fsp3) is 0.0714. The summed E-state index contributed by atoms with van der Waals surface area (Å²) in [4.78, 5) is 33.3. The number of nitrogens with one attached hydrogen (secondary N) is 2. The van der Waals surface area contributed by atoms with Crippen LogP contribution in [0, 0.1) is 10.1 Å². The average Bonchev–Trinajstić information content (AvgIpc) is 2.95. The Morgan fingerprint density at radius 2 is 1.10 bits per heavy atom. The van der Waals surface area contributed by atoms with Gasteiger partial charge in [0.1, 0.15) is 28.7 Å². The minimum atomic E-state index is -0.580. The van der Waals surface area contributed by atoms with Crippen molar-refractivity contribution in [2.45, 2.75) is 0 Å². The molecular weight excluding hydrogens is 516 g/mol. The summed E-state index contributed by atoms with van der Waals surface area (Å²) in [6.07, 6.45) is 0. The molecule has 2 amide bonds. The number of nitro groups is 1. The van der Waals surface area contributed by atoms with E-state index >= 15 is 0 Å². The Hall–Kier alpha value is -5.78. The molecule has 0 saturated heterocycles. The van der Waals surface area contributed by atoms with Crippen molar-refractivity contribution >= 4 is 34.6 Å². The molecule has 0 aliphatic carbocycles. The monoisotopic (exact) mass is 544 g/mol. The van der Waals surface area contributed by atoms with Crippen molar-refractivity contribution in [3.05, 3.63) is 106 Å². The molecular formula is C28H28N6O6. The number of carbonyl (C=O) groups excluding carboxylic acids is 2. The maximum atomic E-state index is 11.5. The first-order valence-electron chi connectivity index (χ1n) is 11.8. The van der Waals surface area contributed by atoms with Crippen LogP contribution in [0.25, 0.3) is 0 Å². The molecule has 4 rings (SSSR count). The molecule has 0 aliphatic rings. The molecule has 0 bridgehead atoms. The van der Waals surface area contributed by atoms with Crippen LogP contribution in [0.2, 0.25) is 0 Å². The quantitative estimate of drug-likeness (QED) is 0.128. The molecule has 0 fully saturated rings. The topological polar surface area (TPSA) is 198 Å². The van der Waals surface area contributed by atoms with Gasteiger partial charge in [0.05, 0.1) is 22.4 Å². The van der Waals surface area contributed by atoms with Crippen LogP contribution >= 0.6 is 0 Å². The van der Waals surface area contributed by atoms with E-state index in [1.54, 1.807) is 73.8 Å². The largest absolute Gasteiger partial charge is 0.457 e. The summed E-state index contributed by atoms with van der Waals surface area (Å²) in [6.45, 7) is 0. The van der Waals surface area contributed by atoms with Crippen molar-refractivity contribution in [2.75, 3.05) is 31.3 Å². The fourth-order valence-electron chi connectivity index (χ4n) is 3.32. The average molecular weight is 545 g/mol. The van der Waals surface area contributed by atoms with Gasteiger partial charge in [-0.25, -0.2) is 0 Å². The van der Waals surface area contributed by atoms with Crippen molar-refractivity contribution in [3.63, 3.8) is 0 Å². The van der Waals surface area contributed by atoms with Gasteiger partial charge in [-0.1, -0.05) is 12.1 Å². The highest BCUT2D eigenvalue weighted by molar-refractivity contribution is 5.94. The predicted octanol–water partition coefficient (Wildman–Crippen LogP) is 4.33. The number of ether oxygens (including phenoxy) is 2. The smallest absolute Gasteiger partial charge is 0.295 e. The van der Waals surface area contributed by atoms with Crippen LogP contribution in [0.1, 0.15) is 20.7 Å². The minimum absolute atomic E-state index is 0.0615. The van der Waals surface area contributed by atoms with Crippen LogP contribution in [0.3, 0.4) is 0 Å². The molecule has 0 aromatic heterocycles. The maximum absolute atomic E-state index is 11.5. The van der Waals surface area contributed by atoms with Gasteiger partial charge >= 0.3 is 0 Å². The lowest BCUT2D eigenvalue weighted by atomic mass is 10.2. The lowest BCUT2D eigenvalue weighted by molar-refractivity contribution is -0.384. The Morgan fingerprint density at radius 1 is 0.650 bits per heavy atom. The summed E-state index contributed by atoms with van der Waals surface area (Å²) in [5, 5.41) is 15.9. The first-order valence-corrected chi connectivity index (χ1v) is 11.8. The number of rotatable bonds is 7. The Bertz CT molecular complexity index is 1540. The highest BCUT2D eigenvalue weighted by Crippen LogP contribution is 2.30. The first-order chi connectivity index (χ1) is 19.1. The Kier molecular flexibility index (Phi) is 9.46. The zero-order chi connectivity index (χ0) is 29.2. The number of carbonyl (C=O) groups is 2. The van der Waals surface area contributed by atoms with Crippen molar-refractivity contribution in [1.82, 2.24) is 10.6 Å². The van der Waals surface area contributed by atoms with Crippen molar-refractivity contribution in [2.24, 2.45) is 0 Å². The molecule has 0 atom stereocenters.